The number of para-hydroxylation sites is 1. The number of rotatable bonds is 12. The first-order chi connectivity index (χ1) is 22.0. The van der Waals surface area contributed by atoms with Crippen LogP contribution in [0.25, 0.3) is 5.65 Å². The Morgan fingerprint density at radius 1 is 1.07 bits per heavy atom. The second-order valence-corrected chi connectivity index (χ2v) is 14.6. The van der Waals surface area contributed by atoms with Gasteiger partial charge in [-0.25, -0.2) is 8.42 Å². The fourth-order valence-electron chi connectivity index (χ4n) is 5.93. The number of ether oxygens (including phenoxy) is 1. The van der Waals surface area contributed by atoms with E-state index in [1.54, 1.807) is 57.5 Å². The summed E-state index contributed by atoms with van der Waals surface area (Å²) in [4.78, 5) is 24.3. The predicted molar refractivity (Wildman–Crippen MR) is 178 cm³/mol. The average molecular weight is 650 g/mol. The van der Waals surface area contributed by atoms with Crippen molar-refractivity contribution in [2.24, 2.45) is 5.92 Å². The van der Waals surface area contributed by atoms with Crippen molar-refractivity contribution >= 4 is 44.7 Å². The van der Waals surface area contributed by atoms with Crippen molar-refractivity contribution in [3.05, 3.63) is 59.8 Å². The number of hydrogen-bond donors (Lipinski definition) is 3. The quantitative estimate of drug-likeness (QED) is 0.186. The van der Waals surface area contributed by atoms with Crippen molar-refractivity contribution in [2.45, 2.75) is 69.4 Å². The molecule has 2 aromatic heterocycles. The number of aryl methyl sites for hydroxylation is 1. The van der Waals surface area contributed by atoms with Crippen LogP contribution in [0.3, 0.4) is 0 Å². The number of aliphatic hydroxyl groups excluding tert-OH is 1. The number of sulfone groups is 1. The van der Waals surface area contributed by atoms with E-state index >= 15 is 0 Å². The molecule has 3 heterocycles. The molecule has 246 valence electrons. The lowest BCUT2D eigenvalue weighted by Gasteiger charge is -2.34. The third kappa shape index (κ3) is 6.95. The summed E-state index contributed by atoms with van der Waals surface area (Å²) >= 11 is 0. The Hall–Kier alpha value is -4.23. The van der Waals surface area contributed by atoms with E-state index in [0.29, 0.717) is 54.7 Å². The zero-order chi connectivity index (χ0) is 33.0. The molecular weight excluding hydrogens is 606 g/mol. The van der Waals surface area contributed by atoms with Gasteiger partial charge in [-0.1, -0.05) is 19.1 Å². The molecule has 1 aliphatic rings. The molecule has 0 spiro atoms. The Morgan fingerprint density at radius 3 is 2.50 bits per heavy atom. The zero-order valence-corrected chi connectivity index (χ0v) is 27.8. The van der Waals surface area contributed by atoms with Crippen LogP contribution in [-0.2, 0) is 14.6 Å². The summed E-state index contributed by atoms with van der Waals surface area (Å²) in [5.74, 6) is 1.58. The van der Waals surface area contributed by atoms with Gasteiger partial charge in [0.05, 0.1) is 34.8 Å². The number of hydrogen-bond acceptors (Lipinski definition) is 10. The van der Waals surface area contributed by atoms with E-state index in [0.717, 1.165) is 18.4 Å². The second kappa shape index (κ2) is 14.0. The number of benzene rings is 2. The Kier molecular flexibility index (Phi) is 10.1. The lowest BCUT2D eigenvalue weighted by atomic mass is 9.86. The van der Waals surface area contributed by atoms with E-state index in [1.807, 2.05) is 24.0 Å². The van der Waals surface area contributed by atoms with Crippen LogP contribution in [-0.4, -0.2) is 76.0 Å². The number of fused-ring (bicyclic) bond motifs is 1. The smallest absolute Gasteiger partial charge is 0.233 e. The van der Waals surface area contributed by atoms with Gasteiger partial charge in [-0.3, -0.25) is 4.79 Å². The van der Waals surface area contributed by atoms with Gasteiger partial charge < -0.3 is 25.4 Å². The molecule has 0 bridgehead atoms. The summed E-state index contributed by atoms with van der Waals surface area (Å²) in [6, 6.07) is 12.5. The summed E-state index contributed by atoms with van der Waals surface area (Å²) in [7, 11) is -1.94. The molecular formula is C33H43N7O5S. The van der Waals surface area contributed by atoms with Crippen molar-refractivity contribution in [3.8, 4) is 5.75 Å². The van der Waals surface area contributed by atoms with Crippen LogP contribution < -0.4 is 15.4 Å². The Balaban J connectivity index is 1.37. The molecule has 3 N–H and O–H groups in total. The molecule has 0 unspecified atom stereocenters. The van der Waals surface area contributed by atoms with E-state index in [-0.39, 0.29) is 35.2 Å². The molecule has 13 heteroatoms. The van der Waals surface area contributed by atoms with Gasteiger partial charge in [-0.2, -0.15) is 19.6 Å². The molecule has 2 aromatic carbocycles. The summed E-state index contributed by atoms with van der Waals surface area (Å²) in [5, 5.41) is 19.3. The number of carbonyl (C=O) groups excluding carboxylic acids is 1. The molecule has 4 aromatic rings. The van der Waals surface area contributed by atoms with Crippen molar-refractivity contribution in [3.63, 3.8) is 0 Å². The number of aliphatic hydroxyl groups is 1. The highest BCUT2D eigenvalue weighted by Gasteiger charge is 2.28. The number of likely N-dealkylation sites (tertiary alicyclic amines) is 1. The lowest BCUT2D eigenvalue weighted by molar-refractivity contribution is -0.136. The molecule has 1 atom stereocenters. The molecule has 1 saturated heterocycles. The van der Waals surface area contributed by atoms with E-state index in [1.165, 1.54) is 10.1 Å². The number of nitrogens with zero attached hydrogens (tertiary/aromatic N) is 5. The van der Waals surface area contributed by atoms with Gasteiger partial charge in [-0.15, -0.1) is 0 Å². The van der Waals surface area contributed by atoms with Gasteiger partial charge >= 0.3 is 0 Å². The minimum Gasteiger partial charge on any atom is -0.495 e. The Morgan fingerprint density at radius 2 is 1.80 bits per heavy atom. The third-order valence-corrected chi connectivity index (χ3v) is 10.8. The van der Waals surface area contributed by atoms with Crippen LogP contribution in [0.4, 0.5) is 23.3 Å². The molecule has 1 amide bonds. The van der Waals surface area contributed by atoms with Gasteiger partial charge in [-0.05, 0) is 87.8 Å². The number of anilines is 4. The Bertz CT molecular complexity index is 1800. The second-order valence-electron chi connectivity index (χ2n) is 12.1. The topological polar surface area (TPSA) is 151 Å². The normalized spacial score (nSPS) is 14.9. The molecule has 0 aliphatic carbocycles. The first-order valence-corrected chi connectivity index (χ1v) is 17.2. The maximum absolute atomic E-state index is 13.1. The highest BCUT2D eigenvalue weighted by molar-refractivity contribution is 7.92. The van der Waals surface area contributed by atoms with Crippen LogP contribution in [0.1, 0.15) is 63.5 Å². The number of carbonyl (C=O) groups is 1. The van der Waals surface area contributed by atoms with Gasteiger partial charge in [0.1, 0.15) is 5.75 Å². The fraction of sp³-hybridized carbons (Fsp3) is 0.455. The first-order valence-electron chi connectivity index (χ1n) is 15.7. The summed E-state index contributed by atoms with van der Waals surface area (Å²) in [6.45, 7) is 8.81. The summed E-state index contributed by atoms with van der Waals surface area (Å²) < 4.78 is 33.5. The molecule has 1 fully saturated rings. The van der Waals surface area contributed by atoms with Gasteiger partial charge in [0.25, 0.3) is 0 Å². The van der Waals surface area contributed by atoms with Gasteiger partial charge in [0.15, 0.2) is 15.5 Å². The highest BCUT2D eigenvalue weighted by Crippen LogP contribution is 2.38. The SMILES string of the molecule is COc1cc(C2CCN(C(=O)[C@H](C)CCCO)CC2)c(C)cc1Nc1nc(Nc2ccccc2S(=O)(=O)C(C)C)n2nccc2n1. The fourth-order valence-corrected chi connectivity index (χ4v) is 7.13. The molecule has 12 nitrogen and oxygen atoms in total. The van der Waals surface area contributed by atoms with Gasteiger partial charge in [0, 0.05) is 31.7 Å². The largest absolute Gasteiger partial charge is 0.495 e. The van der Waals surface area contributed by atoms with Crippen LogP contribution in [0.5, 0.6) is 5.75 Å². The van der Waals surface area contributed by atoms with Crippen molar-refractivity contribution in [2.75, 3.05) is 37.4 Å². The van der Waals surface area contributed by atoms with E-state index in [2.05, 4.69) is 32.6 Å². The lowest BCUT2D eigenvalue weighted by Crippen LogP contribution is -2.40. The maximum atomic E-state index is 13.1. The van der Waals surface area contributed by atoms with Crippen LogP contribution in [0, 0.1) is 12.8 Å². The number of amides is 1. The average Bonchev–Trinajstić information content (AvgIpc) is 3.53. The standard InChI is InChI=1S/C33H43N7O5S/c1-21(2)46(43,44)29-11-7-6-10-26(29)36-33-38-32(37-30-12-15-34-40(30)33)35-27-19-23(4)25(20-28(27)45-5)24-13-16-39(17-14-24)31(42)22(3)9-8-18-41/h6-7,10-12,15,19-22,24,41H,8-9,13-14,16-18H2,1-5H3,(H2,35,36,37,38)/t22-/m1/s1. The summed E-state index contributed by atoms with van der Waals surface area (Å²) in [5.41, 5.74) is 3.86. The minimum absolute atomic E-state index is 0.0848. The third-order valence-electron chi connectivity index (χ3n) is 8.61. The first kappa shape index (κ1) is 33.1. The molecule has 0 saturated carbocycles. The van der Waals surface area contributed by atoms with Crippen molar-refractivity contribution in [1.29, 1.82) is 0 Å². The van der Waals surface area contributed by atoms with Crippen LogP contribution in [0.2, 0.25) is 0 Å². The van der Waals surface area contributed by atoms with E-state index in [4.69, 9.17) is 9.84 Å². The highest BCUT2D eigenvalue weighted by atomic mass is 32.2. The monoisotopic (exact) mass is 649 g/mol. The van der Waals surface area contributed by atoms with Crippen molar-refractivity contribution < 1.29 is 23.1 Å². The Labute approximate surface area is 270 Å². The van der Waals surface area contributed by atoms with Crippen LogP contribution in [0.15, 0.2) is 53.6 Å². The van der Waals surface area contributed by atoms with E-state index < -0.39 is 15.1 Å². The molecule has 46 heavy (non-hydrogen) atoms. The molecule has 1 aliphatic heterocycles. The van der Waals surface area contributed by atoms with E-state index in [9.17, 15) is 13.2 Å². The summed E-state index contributed by atoms with van der Waals surface area (Å²) in [6.07, 6.45) is 4.66. The zero-order valence-electron chi connectivity index (χ0n) is 27.0. The van der Waals surface area contributed by atoms with Gasteiger partial charge in [0.2, 0.25) is 17.8 Å². The molecule has 5 rings (SSSR count). The minimum atomic E-state index is -3.56. The van der Waals surface area contributed by atoms with Crippen LogP contribution >= 0.6 is 0 Å². The van der Waals surface area contributed by atoms with Crippen molar-refractivity contribution in [1.82, 2.24) is 24.5 Å². The number of aromatic nitrogens is 4. The number of piperidine rings is 1. The maximum Gasteiger partial charge on any atom is 0.233 e. The number of nitrogens with one attached hydrogen (secondary N) is 2. The predicted octanol–water partition coefficient (Wildman–Crippen LogP) is 5.23. The molecule has 0 radical (unpaired) electrons. The number of methoxy groups -OCH3 is 1.